The monoisotopic (exact) mass is 365 g/mol. The van der Waals surface area contributed by atoms with E-state index in [1.54, 1.807) is 0 Å². The van der Waals surface area contributed by atoms with E-state index >= 15 is 0 Å². The van der Waals surface area contributed by atoms with E-state index in [1.807, 2.05) is 57.2 Å². The van der Waals surface area contributed by atoms with Gasteiger partial charge in [0.25, 0.3) is 5.91 Å². The molecule has 0 atom stereocenters. The smallest absolute Gasteiger partial charge is 0.262 e. The van der Waals surface area contributed by atoms with Gasteiger partial charge in [-0.25, -0.2) is 0 Å². The maximum atomic E-state index is 12.4. The zero-order chi connectivity index (χ0) is 19.6. The molecule has 0 fully saturated rings. The van der Waals surface area contributed by atoms with Crippen LogP contribution in [0.15, 0.2) is 42.5 Å². The highest BCUT2D eigenvalue weighted by Gasteiger charge is 2.25. The molecular formula is C23H27NO3. The van der Waals surface area contributed by atoms with Gasteiger partial charge in [-0.15, -0.1) is 0 Å². The molecule has 0 spiro atoms. The first-order valence-electron chi connectivity index (χ1n) is 9.33. The van der Waals surface area contributed by atoms with E-state index in [-0.39, 0.29) is 18.1 Å². The number of carbonyl (C=O) groups is 1. The number of hydrogen-bond donors (Lipinski definition) is 1. The minimum absolute atomic E-state index is 0.0471. The topological polar surface area (TPSA) is 47.6 Å². The number of allylic oxidation sites excluding steroid dienone is 1. The lowest BCUT2D eigenvalue weighted by atomic mass is 9.96. The molecule has 4 heteroatoms. The van der Waals surface area contributed by atoms with Gasteiger partial charge in [-0.05, 0) is 69.0 Å². The Bertz CT molecular complexity index is 896. The average molecular weight is 365 g/mol. The number of nitrogens with one attached hydrogen (secondary N) is 1. The van der Waals surface area contributed by atoms with Crippen molar-refractivity contribution in [1.29, 1.82) is 0 Å². The zero-order valence-electron chi connectivity index (χ0n) is 16.7. The maximum absolute atomic E-state index is 12.4. The van der Waals surface area contributed by atoms with Crippen molar-refractivity contribution in [3.05, 3.63) is 59.2 Å². The van der Waals surface area contributed by atoms with Crippen LogP contribution in [0.1, 0.15) is 44.4 Å². The van der Waals surface area contributed by atoms with Crippen molar-refractivity contribution in [2.24, 2.45) is 0 Å². The SMILES string of the molecule is CCc1cccc(C)c1NC(=O)COc1ccc2c(c1)OC(C)(C)C=C2C. The molecule has 2 aromatic rings. The first-order chi connectivity index (χ1) is 12.8. The molecule has 1 aliphatic heterocycles. The molecule has 0 aromatic heterocycles. The van der Waals surface area contributed by atoms with E-state index < -0.39 is 0 Å². The van der Waals surface area contributed by atoms with Crippen molar-refractivity contribution in [3.63, 3.8) is 0 Å². The molecule has 1 amide bonds. The lowest BCUT2D eigenvalue weighted by Gasteiger charge is -2.30. The highest BCUT2D eigenvalue weighted by Crippen LogP contribution is 2.37. The lowest BCUT2D eigenvalue weighted by Crippen LogP contribution is -2.28. The van der Waals surface area contributed by atoms with Gasteiger partial charge < -0.3 is 14.8 Å². The minimum Gasteiger partial charge on any atom is -0.484 e. The van der Waals surface area contributed by atoms with Crippen molar-refractivity contribution in [1.82, 2.24) is 0 Å². The van der Waals surface area contributed by atoms with Crippen LogP contribution < -0.4 is 14.8 Å². The van der Waals surface area contributed by atoms with Crippen molar-refractivity contribution in [2.75, 3.05) is 11.9 Å². The molecular weight excluding hydrogens is 338 g/mol. The minimum atomic E-state index is -0.353. The standard InChI is InChI=1S/C23H27NO3/c1-6-17-9-7-8-15(2)22(17)24-21(25)14-26-18-10-11-19-16(3)13-23(4,5)27-20(19)12-18/h7-13H,6,14H2,1-5H3,(H,24,25). The van der Waals surface area contributed by atoms with Gasteiger partial charge in [0, 0.05) is 17.3 Å². The Hall–Kier alpha value is -2.75. The second-order valence-corrected chi connectivity index (χ2v) is 7.49. The summed E-state index contributed by atoms with van der Waals surface area (Å²) in [4.78, 5) is 12.4. The van der Waals surface area contributed by atoms with Crippen LogP contribution in [0.2, 0.25) is 0 Å². The van der Waals surface area contributed by atoms with Gasteiger partial charge in [0.05, 0.1) is 0 Å². The number of anilines is 1. The largest absolute Gasteiger partial charge is 0.484 e. The van der Waals surface area contributed by atoms with Crippen LogP contribution in [-0.4, -0.2) is 18.1 Å². The summed E-state index contributed by atoms with van der Waals surface area (Å²) in [5, 5.41) is 2.98. The molecule has 3 rings (SSSR count). The van der Waals surface area contributed by atoms with E-state index in [1.165, 1.54) is 5.57 Å². The summed E-state index contributed by atoms with van der Waals surface area (Å²) in [6.45, 7) is 10.1. The summed E-state index contributed by atoms with van der Waals surface area (Å²) in [6, 6.07) is 11.7. The van der Waals surface area contributed by atoms with Crippen LogP contribution in [0, 0.1) is 6.92 Å². The molecule has 0 radical (unpaired) electrons. The fourth-order valence-electron chi connectivity index (χ4n) is 3.44. The summed E-state index contributed by atoms with van der Waals surface area (Å²) < 4.78 is 11.7. The Morgan fingerprint density at radius 3 is 2.70 bits per heavy atom. The second-order valence-electron chi connectivity index (χ2n) is 7.49. The number of fused-ring (bicyclic) bond motifs is 1. The number of rotatable bonds is 5. The Morgan fingerprint density at radius 2 is 1.96 bits per heavy atom. The molecule has 0 aliphatic carbocycles. The molecule has 0 saturated heterocycles. The molecule has 1 heterocycles. The van der Waals surface area contributed by atoms with Crippen LogP contribution in [0.3, 0.4) is 0 Å². The van der Waals surface area contributed by atoms with Crippen LogP contribution in [0.25, 0.3) is 5.57 Å². The molecule has 4 nitrogen and oxygen atoms in total. The molecule has 142 valence electrons. The quantitative estimate of drug-likeness (QED) is 0.797. The van der Waals surface area contributed by atoms with Crippen molar-refractivity contribution < 1.29 is 14.3 Å². The summed E-state index contributed by atoms with van der Waals surface area (Å²) in [6.07, 6.45) is 2.97. The molecule has 0 saturated carbocycles. The lowest BCUT2D eigenvalue weighted by molar-refractivity contribution is -0.118. The van der Waals surface area contributed by atoms with Gasteiger partial charge in [-0.3, -0.25) is 4.79 Å². The molecule has 0 bridgehead atoms. The van der Waals surface area contributed by atoms with E-state index in [9.17, 15) is 4.79 Å². The summed E-state index contributed by atoms with van der Waals surface area (Å²) in [7, 11) is 0. The van der Waals surface area contributed by atoms with Gasteiger partial charge in [0.2, 0.25) is 0 Å². The third kappa shape index (κ3) is 4.33. The van der Waals surface area contributed by atoms with E-state index in [0.717, 1.165) is 34.5 Å². The van der Waals surface area contributed by atoms with E-state index in [0.29, 0.717) is 5.75 Å². The van der Waals surface area contributed by atoms with Crippen molar-refractivity contribution >= 4 is 17.2 Å². The number of ether oxygens (including phenoxy) is 2. The zero-order valence-corrected chi connectivity index (χ0v) is 16.7. The van der Waals surface area contributed by atoms with Gasteiger partial charge >= 0.3 is 0 Å². The predicted molar refractivity (Wildman–Crippen MR) is 109 cm³/mol. The first kappa shape index (κ1) is 19.0. The van der Waals surface area contributed by atoms with Crippen LogP contribution in [-0.2, 0) is 11.2 Å². The Labute approximate surface area is 161 Å². The third-order valence-corrected chi connectivity index (χ3v) is 4.69. The van der Waals surface area contributed by atoms with E-state index in [2.05, 4.69) is 25.2 Å². The highest BCUT2D eigenvalue weighted by atomic mass is 16.5. The Balaban J connectivity index is 1.68. The third-order valence-electron chi connectivity index (χ3n) is 4.69. The van der Waals surface area contributed by atoms with Crippen LogP contribution >= 0.6 is 0 Å². The summed E-state index contributed by atoms with van der Waals surface area (Å²) in [5.41, 5.74) is 4.93. The van der Waals surface area contributed by atoms with Crippen LogP contribution in [0.5, 0.6) is 11.5 Å². The molecule has 2 aromatic carbocycles. The number of amides is 1. The number of para-hydroxylation sites is 1. The number of hydrogen-bond acceptors (Lipinski definition) is 3. The summed E-state index contributed by atoms with van der Waals surface area (Å²) in [5.74, 6) is 1.23. The normalized spacial score (nSPS) is 14.6. The van der Waals surface area contributed by atoms with Gasteiger partial charge in [0.1, 0.15) is 17.1 Å². The molecule has 1 N–H and O–H groups in total. The number of benzene rings is 2. The van der Waals surface area contributed by atoms with Gasteiger partial charge in [-0.2, -0.15) is 0 Å². The van der Waals surface area contributed by atoms with Crippen LogP contribution in [0.4, 0.5) is 5.69 Å². The summed E-state index contributed by atoms with van der Waals surface area (Å²) >= 11 is 0. The predicted octanol–water partition coefficient (Wildman–Crippen LogP) is 5.15. The van der Waals surface area contributed by atoms with Crippen molar-refractivity contribution in [3.8, 4) is 11.5 Å². The Kier molecular flexibility index (Phi) is 5.26. The first-order valence-corrected chi connectivity index (χ1v) is 9.33. The second kappa shape index (κ2) is 7.47. The van der Waals surface area contributed by atoms with Crippen molar-refractivity contribution in [2.45, 2.75) is 46.6 Å². The fraction of sp³-hybridized carbons (Fsp3) is 0.348. The average Bonchev–Trinajstić information content (AvgIpc) is 2.60. The molecule has 27 heavy (non-hydrogen) atoms. The molecule has 0 unspecified atom stereocenters. The molecule has 1 aliphatic rings. The number of aryl methyl sites for hydroxylation is 2. The van der Waals surface area contributed by atoms with Gasteiger partial charge in [0.15, 0.2) is 6.61 Å². The highest BCUT2D eigenvalue weighted by molar-refractivity contribution is 5.93. The fourth-order valence-corrected chi connectivity index (χ4v) is 3.44. The van der Waals surface area contributed by atoms with E-state index in [4.69, 9.17) is 9.47 Å². The Morgan fingerprint density at radius 1 is 1.19 bits per heavy atom. The number of carbonyl (C=O) groups excluding carboxylic acids is 1. The maximum Gasteiger partial charge on any atom is 0.262 e. The van der Waals surface area contributed by atoms with Gasteiger partial charge in [-0.1, -0.05) is 25.1 Å².